The third-order valence-corrected chi connectivity index (χ3v) is 7.10. The first-order valence-corrected chi connectivity index (χ1v) is 13.1. The second-order valence-corrected chi connectivity index (χ2v) is 10.1. The van der Waals surface area contributed by atoms with Crippen LogP contribution in [0.4, 0.5) is 0 Å². The quantitative estimate of drug-likeness (QED) is 0.326. The Morgan fingerprint density at radius 3 is 2.57 bits per heavy atom. The molecule has 0 saturated carbocycles. The lowest BCUT2D eigenvalue weighted by atomic mass is 9.90. The van der Waals surface area contributed by atoms with Crippen LogP contribution in [0.5, 0.6) is 0 Å². The number of hydrogen-bond acceptors (Lipinski definition) is 7. The molecule has 4 rings (SSSR count). The van der Waals surface area contributed by atoms with Gasteiger partial charge in [0.05, 0.1) is 12.2 Å². The van der Waals surface area contributed by atoms with Crippen LogP contribution in [-0.4, -0.2) is 79.1 Å². The van der Waals surface area contributed by atoms with Gasteiger partial charge in [-0.25, -0.2) is 4.79 Å². The maximum atomic E-state index is 13.6. The van der Waals surface area contributed by atoms with Crippen LogP contribution in [0.1, 0.15) is 22.3 Å². The molecule has 2 aliphatic rings. The van der Waals surface area contributed by atoms with Gasteiger partial charge >= 0.3 is 5.97 Å². The monoisotopic (exact) mass is 620 g/mol. The molecule has 2 aromatic carbocycles. The Balaban J connectivity index is 1.52. The molecule has 2 aromatic rings. The summed E-state index contributed by atoms with van der Waals surface area (Å²) in [5.74, 6) is -1.25. The van der Waals surface area contributed by atoms with Crippen molar-refractivity contribution < 1.29 is 33.7 Å². The number of fused-ring (bicyclic) bond motifs is 1. The third-order valence-electron chi connectivity index (χ3n) is 6.38. The van der Waals surface area contributed by atoms with Crippen LogP contribution >= 0.6 is 22.6 Å². The van der Waals surface area contributed by atoms with E-state index in [4.69, 9.17) is 19.3 Å². The highest BCUT2D eigenvalue weighted by Crippen LogP contribution is 2.32. The summed E-state index contributed by atoms with van der Waals surface area (Å²) in [6, 6.07) is 15.6. The number of rotatable bonds is 9. The maximum Gasteiger partial charge on any atom is 0.338 e. The van der Waals surface area contributed by atoms with E-state index in [9.17, 15) is 14.4 Å². The number of aliphatic hydroxyl groups is 1. The normalized spacial score (nSPS) is 21.4. The van der Waals surface area contributed by atoms with E-state index in [1.54, 1.807) is 25.3 Å². The lowest BCUT2D eigenvalue weighted by Crippen LogP contribution is -2.51. The van der Waals surface area contributed by atoms with E-state index in [2.05, 4.69) is 27.9 Å². The molecule has 10 heteroatoms. The van der Waals surface area contributed by atoms with Crippen LogP contribution in [0.3, 0.4) is 0 Å². The summed E-state index contributed by atoms with van der Waals surface area (Å²) in [4.78, 5) is 40.8. The highest BCUT2D eigenvalue weighted by atomic mass is 127. The summed E-state index contributed by atoms with van der Waals surface area (Å²) in [6.45, 7) is -0.0953. The number of amides is 2. The molecule has 1 aliphatic heterocycles. The number of aliphatic hydroxyl groups excluding tert-OH is 1. The molecule has 2 N–H and O–H groups in total. The molecule has 0 bridgehead atoms. The molecule has 1 aliphatic carbocycles. The van der Waals surface area contributed by atoms with E-state index in [-0.39, 0.29) is 38.2 Å². The van der Waals surface area contributed by atoms with Crippen molar-refractivity contribution in [2.75, 3.05) is 27.0 Å². The fraction of sp³-hybridized carbons (Fsp3) is 0.370. The number of hydrogen-bond donors (Lipinski definition) is 2. The predicted molar refractivity (Wildman–Crippen MR) is 142 cm³/mol. The van der Waals surface area contributed by atoms with Gasteiger partial charge in [-0.15, -0.1) is 0 Å². The van der Waals surface area contributed by atoms with Gasteiger partial charge in [0.15, 0.2) is 0 Å². The number of nitrogens with one attached hydrogen (secondary N) is 1. The van der Waals surface area contributed by atoms with Gasteiger partial charge in [-0.1, -0.05) is 30.3 Å². The molecule has 0 radical (unpaired) electrons. The van der Waals surface area contributed by atoms with E-state index in [0.717, 1.165) is 9.13 Å². The number of halogens is 1. The zero-order chi connectivity index (χ0) is 26.4. The number of nitrogens with zero attached hydrogens (tertiary/aromatic N) is 1. The van der Waals surface area contributed by atoms with Gasteiger partial charge in [-0.2, -0.15) is 0 Å². The molecule has 0 unspecified atom stereocenters. The maximum absolute atomic E-state index is 13.6. The molecule has 196 valence electrons. The molecule has 0 spiro atoms. The largest absolute Gasteiger partial charge is 0.456 e. The number of likely N-dealkylation sites (N-methyl/N-ethyl adjacent to an activating group) is 1. The van der Waals surface area contributed by atoms with Crippen molar-refractivity contribution in [1.29, 1.82) is 0 Å². The summed E-state index contributed by atoms with van der Waals surface area (Å²) >= 11 is 2.16. The van der Waals surface area contributed by atoms with E-state index in [0.29, 0.717) is 17.6 Å². The van der Waals surface area contributed by atoms with Crippen molar-refractivity contribution >= 4 is 40.4 Å². The summed E-state index contributed by atoms with van der Waals surface area (Å²) in [6.07, 6.45) is 0.308. The first kappa shape index (κ1) is 27.2. The average molecular weight is 620 g/mol. The average Bonchev–Trinajstić information content (AvgIpc) is 3.39. The fourth-order valence-corrected chi connectivity index (χ4v) is 4.77. The van der Waals surface area contributed by atoms with Crippen molar-refractivity contribution in [3.63, 3.8) is 0 Å². The van der Waals surface area contributed by atoms with Gasteiger partial charge in [-0.3, -0.25) is 9.59 Å². The summed E-state index contributed by atoms with van der Waals surface area (Å²) in [5, 5.41) is 11.8. The van der Waals surface area contributed by atoms with E-state index < -0.39 is 30.3 Å². The Hall–Kier alpha value is -2.80. The summed E-state index contributed by atoms with van der Waals surface area (Å²) < 4.78 is 18.1. The first-order chi connectivity index (χ1) is 17.9. The standard InChI is InChI=1S/C27H29IN2O7/c1-30(21(25(32)29-11-12-31)13-17-5-3-2-4-6-17)26(33)19-14-22-24(36-16-35-22)23(15-19)37-27(34)18-7-9-20(28)10-8-18/h2-10,14,21-24,31H,11-13,15-16H2,1H3,(H,29,32)/t21-,22-,23-,24-/m1/s1. The van der Waals surface area contributed by atoms with Crippen LogP contribution in [-0.2, 0) is 30.2 Å². The Morgan fingerprint density at radius 2 is 1.86 bits per heavy atom. The Bertz CT molecular complexity index is 1140. The second kappa shape index (κ2) is 12.6. The van der Waals surface area contributed by atoms with Gasteiger partial charge in [0.2, 0.25) is 11.8 Å². The number of ether oxygens (including phenoxy) is 3. The number of carbonyl (C=O) groups is 3. The highest BCUT2D eigenvalue weighted by Gasteiger charge is 2.43. The Labute approximate surface area is 228 Å². The van der Waals surface area contributed by atoms with Crippen LogP contribution in [0.2, 0.25) is 0 Å². The van der Waals surface area contributed by atoms with Gasteiger partial charge in [-0.05, 0) is 58.5 Å². The van der Waals surface area contributed by atoms with Gasteiger partial charge < -0.3 is 29.5 Å². The fourth-order valence-electron chi connectivity index (χ4n) is 4.41. The molecule has 1 fully saturated rings. The Kier molecular flexibility index (Phi) is 9.30. The van der Waals surface area contributed by atoms with Crippen LogP contribution in [0, 0.1) is 3.57 Å². The predicted octanol–water partition coefficient (Wildman–Crippen LogP) is 2.07. The molecular weight excluding hydrogens is 591 g/mol. The zero-order valence-corrected chi connectivity index (χ0v) is 22.5. The third kappa shape index (κ3) is 6.75. The van der Waals surface area contributed by atoms with E-state index in [1.807, 2.05) is 42.5 Å². The first-order valence-electron chi connectivity index (χ1n) is 12.0. The minimum Gasteiger partial charge on any atom is -0.456 e. The second-order valence-electron chi connectivity index (χ2n) is 8.86. The molecule has 2 amide bonds. The van der Waals surface area contributed by atoms with Crippen molar-refractivity contribution in [1.82, 2.24) is 10.2 Å². The highest BCUT2D eigenvalue weighted by molar-refractivity contribution is 14.1. The van der Waals surface area contributed by atoms with Crippen LogP contribution in [0.25, 0.3) is 0 Å². The van der Waals surface area contributed by atoms with Crippen molar-refractivity contribution in [2.45, 2.75) is 37.2 Å². The Morgan fingerprint density at radius 1 is 1.14 bits per heavy atom. The molecule has 4 atom stereocenters. The van der Waals surface area contributed by atoms with Gasteiger partial charge in [0.1, 0.15) is 31.1 Å². The van der Waals surface area contributed by atoms with Crippen LogP contribution in [0.15, 0.2) is 66.2 Å². The number of carbonyl (C=O) groups excluding carboxylic acids is 3. The molecule has 37 heavy (non-hydrogen) atoms. The minimum absolute atomic E-state index is 0.0287. The molecule has 1 saturated heterocycles. The van der Waals surface area contributed by atoms with Crippen molar-refractivity contribution in [3.05, 3.63) is 80.9 Å². The smallest absolute Gasteiger partial charge is 0.338 e. The van der Waals surface area contributed by atoms with Crippen molar-refractivity contribution in [3.8, 4) is 0 Å². The SMILES string of the molecule is CN(C(=O)C1=C[C@H]2OCO[C@H]2[C@H](OC(=O)c2ccc(I)cc2)C1)[C@H](Cc1ccccc1)C(=O)NCCO. The van der Waals surface area contributed by atoms with E-state index >= 15 is 0 Å². The topological polar surface area (TPSA) is 114 Å². The van der Waals surface area contributed by atoms with Crippen LogP contribution < -0.4 is 5.32 Å². The lowest BCUT2D eigenvalue weighted by molar-refractivity contribution is -0.137. The molecule has 1 heterocycles. The molecule has 9 nitrogen and oxygen atoms in total. The molecular formula is C27H29IN2O7. The summed E-state index contributed by atoms with van der Waals surface area (Å²) in [7, 11) is 1.57. The molecule has 0 aromatic heterocycles. The zero-order valence-electron chi connectivity index (χ0n) is 20.3. The van der Waals surface area contributed by atoms with Crippen molar-refractivity contribution in [2.24, 2.45) is 0 Å². The summed E-state index contributed by atoms with van der Waals surface area (Å²) in [5.41, 5.74) is 1.67. The van der Waals surface area contributed by atoms with E-state index in [1.165, 1.54) is 4.90 Å². The minimum atomic E-state index is -0.811. The van der Waals surface area contributed by atoms with Gasteiger partial charge in [0.25, 0.3) is 0 Å². The van der Waals surface area contributed by atoms with Gasteiger partial charge in [0, 0.05) is 35.6 Å². The number of benzene rings is 2. The number of esters is 1. The lowest BCUT2D eigenvalue weighted by Gasteiger charge is -2.33.